The van der Waals surface area contributed by atoms with E-state index in [1.54, 1.807) is 65.2 Å². The average Bonchev–Trinajstić information content (AvgIpc) is 3.60. The number of hydrogen-bond donors (Lipinski definition) is 2. The standard InChI is InChI=1S/C33H22N2O6S/c36-30-27(17-21-14-16-26(41-21)23-7-3-4-8-24(23)32(39)40)42-33-34-28-22-6-2-1-5-18(22)13-15-25(28)29(35(30)33)19-9-11-20(12-10-19)31(37)38/h1-12,14,16-17,29H,13,15H2,(H,37,38)(H,39,40). The minimum Gasteiger partial charge on any atom is -0.478 e. The molecule has 42 heavy (non-hydrogen) atoms. The first-order valence-electron chi connectivity index (χ1n) is 13.3. The number of benzene rings is 3. The Morgan fingerprint density at radius 3 is 2.38 bits per heavy atom. The normalized spacial score (nSPS) is 15.9. The van der Waals surface area contributed by atoms with Crippen molar-refractivity contribution in [3.8, 4) is 11.3 Å². The van der Waals surface area contributed by atoms with Gasteiger partial charge in [0.25, 0.3) is 5.56 Å². The van der Waals surface area contributed by atoms with Gasteiger partial charge in [0, 0.05) is 17.2 Å². The molecule has 2 aromatic heterocycles. The summed E-state index contributed by atoms with van der Waals surface area (Å²) in [7, 11) is 0. The first kappa shape index (κ1) is 25.7. The highest BCUT2D eigenvalue weighted by Gasteiger charge is 2.32. The minimum absolute atomic E-state index is 0.123. The monoisotopic (exact) mass is 574 g/mol. The van der Waals surface area contributed by atoms with Gasteiger partial charge in [0.2, 0.25) is 0 Å². The van der Waals surface area contributed by atoms with Gasteiger partial charge in [-0.15, -0.1) is 0 Å². The molecule has 1 unspecified atom stereocenters. The number of aryl methyl sites for hydroxylation is 1. The van der Waals surface area contributed by atoms with Crippen LogP contribution in [0.2, 0.25) is 0 Å². The molecule has 0 amide bonds. The number of thiazole rings is 1. The van der Waals surface area contributed by atoms with E-state index >= 15 is 0 Å². The number of furan rings is 1. The Bertz CT molecular complexity index is 2130. The Balaban J connectivity index is 1.39. The fourth-order valence-corrected chi connectivity index (χ4v) is 6.70. The van der Waals surface area contributed by atoms with E-state index in [1.807, 2.05) is 18.2 Å². The second-order valence-electron chi connectivity index (χ2n) is 10.1. The van der Waals surface area contributed by atoms with Crippen LogP contribution in [0, 0.1) is 0 Å². The molecule has 8 nitrogen and oxygen atoms in total. The van der Waals surface area contributed by atoms with Crippen LogP contribution in [-0.2, 0) is 6.42 Å². The third-order valence-electron chi connectivity index (χ3n) is 7.67. The van der Waals surface area contributed by atoms with Crippen molar-refractivity contribution in [2.45, 2.75) is 18.9 Å². The maximum atomic E-state index is 14.0. The number of nitrogens with zero attached hydrogens (tertiary/aromatic N) is 2. The first-order valence-corrected chi connectivity index (χ1v) is 14.1. The number of fused-ring (bicyclic) bond motifs is 3. The summed E-state index contributed by atoms with van der Waals surface area (Å²) in [5.74, 6) is -1.28. The summed E-state index contributed by atoms with van der Waals surface area (Å²) in [5.41, 5.74) is 5.41. The van der Waals surface area contributed by atoms with Gasteiger partial charge in [0.15, 0.2) is 4.80 Å². The third-order valence-corrected chi connectivity index (χ3v) is 8.65. The van der Waals surface area contributed by atoms with Crippen LogP contribution in [0.1, 0.15) is 55.6 Å². The smallest absolute Gasteiger partial charge is 0.336 e. The van der Waals surface area contributed by atoms with Crippen LogP contribution < -0.4 is 14.9 Å². The highest BCUT2D eigenvalue weighted by Crippen LogP contribution is 2.41. The molecule has 2 N–H and O–H groups in total. The number of carbonyl (C=O) groups is 2. The zero-order valence-corrected chi connectivity index (χ0v) is 22.8. The van der Waals surface area contributed by atoms with Crippen LogP contribution in [0.15, 0.2) is 105 Å². The average molecular weight is 575 g/mol. The van der Waals surface area contributed by atoms with Crippen LogP contribution >= 0.6 is 11.3 Å². The van der Waals surface area contributed by atoms with Gasteiger partial charge in [-0.25, -0.2) is 14.6 Å². The Morgan fingerprint density at radius 2 is 1.62 bits per heavy atom. The van der Waals surface area contributed by atoms with Crippen LogP contribution in [0.5, 0.6) is 0 Å². The summed E-state index contributed by atoms with van der Waals surface area (Å²) in [4.78, 5) is 42.7. The summed E-state index contributed by atoms with van der Waals surface area (Å²) in [5, 5.41) is 19.0. The number of aromatic nitrogens is 1. The van der Waals surface area contributed by atoms with E-state index in [4.69, 9.17) is 9.41 Å². The summed E-state index contributed by atoms with van der Waals surface area (Å²) in [6.07, 6.45) is 3.18. The van der Waals surface area contributed by atoms with E-state index in [-0.39, 0.29) is 16.7 Å². The van der Waals surface area contributed by atoms with Crippen LogP contribution in [-0.4, -0.2) is 26.7 Å². The molecular weight excluding hydrogens is 552 g/mol. The van der Waals surface area contributed by atoms with Gasteiger partial charge in [0.1, 0.15) is 11.5 Å². The van der Waals surface area contributed by atoms with Gasteiger partial charge in [-0.3, -0.25) is 9.36 Å². The largest absolute Gasteiger partial charge is 0.478 e. The van der Waals surface area contributed by atoms with Crippen molar-refractivity contribution in [2.24, 2.45) is 4.99 Å². The van der Waals surface area contributed by atoms with E-state index in [9.17, 15) is 24.6 Å². The number of rotatable bonds is 5. The van der Waals surface area contributed by atoms with Crippen molar-refractivity contribution in [3.05, 3.63) is 144 Å². The van der Waals surface area contributed by atoms with E-state index in [2.05, 4.69) is 6.07 Å². The molecule has 1 atom stereocenters. The van der Waals surface area contributed by atoms with Gasteiger partial charge in [-0.2, -0.15) is 0 Å². The van der Waals surface area contributed by atoms with Gasteiger partial charge in [0.05, 0.1) is 27.4 Å². The zero-order valence-electron chi connectivity index (χ0n) is 22.0. The molecule has 9 heteroatoms. The molecule has 3 heterocycles. The van der Waals surface area contributed by atoms with Crippen LogP contribution in [0.4, 0.5) is 0 Å². The predicted molar refractivity (Wildman–Crippen MR) is 157 cm³/mol. The van der Waals surface area contributed by atoms with Crippen LogP contribution in [0.3, 0.4) is 0 Å². The third kappa shape index (κ3) is 4.22. The molecule has 1 aliphatic heterocycles. The Hall–Kier alpha value is -5.28. The Labute approximate surface area is 242 Å². The van der Waals surface area contributed by atoms with Crippen molar-refractivity contribution in [2.75, 3.05) is 0 Å². The topological polar surface area (TPSA) is 122 Å². The lowest BCUT2D eigenvalue weighted by Gasteiger charge is -2.30. The van der Waals surface area contributed by atoms with Crippen molar-refractivity contribution in [3.63, 3.8) is 0 Å². The fraction of sp³-hybridized carbons (Fsp3) is 0.0909. The Morgan fingerprint density at radius 1 is 0.881 bits per heavy atom. The number of allylic oxidation sites excluding steroid dienone is 1. The molecule has 7 rings (SSSR count). The molecule has 0 spiro atoms. The molecule has 2 aliphatic rings. The summed E-state index contributed by atoms with van der Waals surface area (Å²) in [6, 6.07) is 24.3. The van der Waals surface area contributed by atoms with E-state index in [0.717, 1.165) is 28.8 Å². The molecule has 5 aromatic rings. The number of hydrogen-bond acceptors (Lipinski definition) is 6. The predicted octanol–water partition coefficient (Wildman–Crippen LogP) is 4.98. The quantitative estimate of drug-likeness (QED) is 0.306. The lowest BCUT2D eigenvalue weighted by Crippen LogP contribution is -2.38. The molecule has 0 fully saturated rings. The molecule has 0 bridgehead atoms. The van der Waals surface area contributed by atoms with Crippen molar-refractivity contribution >= 4 is 35.0 Å². The van der Waals surface area contributed by atoms with Crippen LogP contribution in [0.25, 0.3) is 23.1 Å². The second kappa shape index (κ2) is 9.97. The maximum Gasteiger partial charge on any atom is 0.336 e. The summed E-state index contributed by atoms with van der Waals surface area (Å²) in [6.45, 7) is 0. The SMILES string of the molecule is O=C(O)c1ccc(C2C3=C(N=c4sc(=Cc5ccc(-c6ccccc6C(=O)O)o5)c(=O)n42)c2ccccc2CC3)cc1. The van der Waals surface area contributed by atoms with Gasteiger partial charge < -0.3 is 14.6 Å². The minimum atomic E-state index is -1.06. The van der Waals surface area contributed by atoms with Crippen molar-refractivity contribution < 1.29 is 24.2 Å². The lowest BCUT2D eigenvalue weighted by molar-refractivity contribution is 0.0686. The van der Waals surface area contributed by atoms with E-state index in [1.165, 1.54) is 23.0 Å². The second-order valence-corrected chi connectivity index (χ2v) is 11.1. The highest BCUT2D eigenvalue weighted by molar-refractivity contribution is 7.07. The summed E-state index contributed by atoms with van der Waals surface area (Å²) < 4.78 is 8.08. The number of aromatic carboxylic acids is 2. The van der Waals surface area contributed by atoms with Gasteiger partial charge in [-0.05, 0) is 59.9 Å². The molecule has 0 saturated carbocycles. The Kier molecular flexibility index (Phi) is 6.09. The molecule has 3 aromatic carbocycles. The number of carboxylic acids is 2. The molecular formula is C33H22N2O6S. The number of carboxylic acid groups (broad SMARTS) is 2. The molecule has 206 valence electrons. The van der Waals surface area contributed by atoms with Crippen molar-refractivity contribution in [1.82, 2.24) is 4.57 Å². The lowest BCUT2D eigenvalue weighted by atomic mass is 9.83. The van der Waals surface area contributed by atoms with E-state index < -0.39 is 18.0 Å². The molecule has 0 saturated heterocycles. The van der Waals surface area contributed by atoms with E-state index in [0.29, 0.717) is 32.8 Å². The molecule has 1 aliphatic carbocycles. The summed E-state index contributed by atoms with van der Waals surface area (Å²) >= 11 is 1.25. The zero-order chi connectivity index (χ0) is 29.0. The van der Waals surface area contributed by atoms with Gasteiger partial charge in [-0.1, -0.05) is 65.9 Å². The maximum absolute atomic E-state index is 14.0. The van der Waals surface area contributed by atoms with Gasteiger partial charge >= 0.3 is 11.9 Å². The fourth-order valence-electron chi connectivity index (χ4n) is 5.72. The van der Waals surface area contributed by atoms with Crippen molar-refractivity contribution in [1.29, 1.82) is 0 Å². The molecule has 0 radical (unpaired) electrons. The highest BCUT2D eigenvalue weighted by atomic mass is 32.1. The first-order chi connectivity index (χ1) is 20.4.